The molecule has 0 aliphatic carbocycles. The Bertz CT molecular complexity index is 160. The van der Waals surface area contributed by atoms with E-state index >= 15 is 0 Å². The highest BCUT2D eigenvalue weighted by Gasteiger charge is 2.13. The second-order valence-electron chi connectivity index (χ2n) is 2.81. The molecule has 0 bridgehead atoms. The monoisotopic (exact) mass is 204 g/mol. The molecule has 1 heterocycles. The van der Waals surface area contributed by atoms with E-state index in [9.17, 15) is 0 Å². The van der Waals surface area contributed by atoms with Crippen molar-refractivity contribution in [2.45, 2.75) is 13.0 Å². The highest BCUT2D eigenvalue weighted by atomic mass is 32.1. The van der Waals surface area contributed by atoms with Crippen molar-refractivity contribution >= 4 is 17.3 Å². The number of thiocarbonyl (C=S) groups is 1. The molecule has 5 heteroatoms. The Hall–Kier alpha value is -0.390. The normalized spacial score (nSPS) is 22.4. The van der Waals surface area contributed by atoms with Crippen molar-refractivity contribution in [3.63, 3.8) is 0 Å². The number of hydrogen-bond acceptors (Lipinski definition) is 3. The molecule has 1 aliphatic heterocycles. The average Bonchev–Trinajstić information content (AvgIpc) is 2.17. The summed E-state index contributed by atoms with van der Waals surface area (Å²) in [5, 5.41) is 6.76. The summed E-state index contributed by atoms with van der Waals surface area (Å²) < 4.78 is 10.7. The van der Waals surface area contributed by atoms with Gasteiger partial charge < -0.3 is 20.1 Å². The molecule has 1 aliphatic rings. The van der Waals surface area contributed by atoms with Gasteiger partial charge in [-0.15, -0.1) is 0 Å². The first kappa shape index (κ1) is 10.7. The topological polar surface area (TPSA) is 42.5 Å². The van der Waals surface area contributed by atoms with Crippen LogP contribution in [0.1, 0.15) is 6.92 Å². The molecule has 1 saturated heterocycles. The van der Waals surface area contributed by atoms with Crippen molar-refractivity contribution < 1.29 is 9.47 Å². The van der Waals surface area contributed by atoms with E-state index in [1.54, 1.807) is 0 Å². The molecule has 0 aromatic carbocycles. The summed E-state index contributed by atoms with van der Waals surface area (Å²) in [7, 11) is 0. The second kappa shape index (κ2) is 6.12. The lowest BCUT2D eigenvalue weighted by molar-refractivity contribution is -0.0849. The molecule has 4 nitrogen and oxygen atoms in total. The third kappa shape index (κ3) is 4.40. The van der Waals surface area contributed by atoms with Crippen LogP contribution >= 0.6 is 12.2 Å². The first-order valence-electron chi connectivity index (χ1n) is 4.54. The zero-order chi connectivity index (χ0) is 9.52. The number of ether oxygens (including phenoxy) is 2. The van der Waals surface area contributed by atoms with E-state index < -0.39 is 0 Å². The minimum absolute atomic E-state index is 0.130. The average molecular weight is 204 g/mol. The van der Waals surface area contributed by atoms with Crippen LogP contribution in [0.4, 0.5) is 0 Å². The second-order valence-corrected chi connectivity index (χ2v) is 3.22. The molecular weight excluding hydrogens is 188 g/mol. The molecule has 0 spiro atoms. The minimum Gasteiger partial charge on any atom is -0.376 e. The Kier molecular flexibility index (Phi) is 5.03. The fourth-order valence-corrected chi connectivity index (χ4v) is 1.31. The zero-order valence-corrected chi connectivity index (χ0v) is 8.65. The predicted molar refractivity (Wildman–Crippen MR) is 54.8 cm³/mol. The maximum absolute atomic E-state index is 5.43. The van der Waals surface area contributed by atoms with Gasteiger partial charge in [-0.2, -0.15) is 0 Å². The summed E-state index contributed by atoms with van der Waals surface area (Å²) in [6, 6.07) is 0. The molecule has 1 atom stereocenters. The van der Waals surface area contributed by atoms with Gasteiger partial charge in [0.1, 0.15) is 0 Å². The number of nitrogens with one attached hydrogen (secondary N) is 2. The molecule has 1 rings (SSSR count). The summed E-state index contributed by atoms with van der Waals surface area (Å²) in [6.07, 6.45) is 0.130. The molecule has 1 unspecified atom stereocenters. The molecule has 0 amide bonds. The van der Waals surface area contributed by atoms with Gasteiger partial charge in [0.2, 0.25) is 0 Å². The Morgan fingerprint density at radius 3 is 2.92 bits per heavy atom. The standard InChI is InChI=1S/C8H16N2O2S/c1-2-9-8(13)10-5-7-6-11-3-4-12-7/h7H,2-6H2,1H3,(H2,9,10,13). The van der Waals surface area contributed by atoms with Gasteiger partial charge in [-0.05, 0) is 19.1 Å². The lowest BCUT2D eigenvalue weighted by atomic mass is 10.3. The molecule has 0 aromatic heterocycles. The van der Waals surface area contributed by atoms with Crippen LogP contribution in [-0.2, 0) is 9.47 Å². The van der Waals surface area contributed by atoms with E-state index in [2.05, 4.69) is 10.6 Å². The lowest BCUT2D eigenvalue weighted by Crippen LogP contribution is -2.43. The third-order valence-electron chi connectivity index (χ3n) is 1.71. The quantitative estimate of drug-likeness (QED) is 0.628. The summed E-state index contributed by atoms with van der Waals surface area (Å²) in [5.74, 6) is 0. The van der Waals surface area contributed by atoms with E-state index in [-0.39, 0.29) is 6.10 Å². The maximum Gasteiger partial charge on any atom is 0.166 e. The fraction of sp³-hybridized carbons (Fsp3) is 0.875. The van der Waals surface area contributed by atoms with Crippen LogP contribution in [0.25, 0.3) is 0 Å². The maximum atomic E-state index is 5.43. The molecule has 76 valence electrons. The van der Waals surface area contributed by atoms with Crippen LogP contribution in [-0.4, -0.2) is 44.1 Å². The smallest absolute Gasteiger partial charge is 0.166 e. The molecular formula is C8H16N2O2S. The molecule has 0 aromatic rings. The summed E-state index contributed by atoms with van der Waals surface area (Å²) in [4.78, 5) is 0. The lowest BCUT2D eigenvalue weighted by Gasteiger charge is -2.23. The number of rotatable bonds is 3. The van der Waals surface area contributed by atoms with Gasteiger partial charge in [0, 0.05) is 13.1 Å². The van der Waals surface area contributed by atoms with Crippen molar-refractivity contribution in [3.05, 3.63) is 0 Å². The van der Waals surface area contributed by atoms with Gasteiger partial charge in [-0.1, -0.05) is 0 Å². The molecule has 2 N–H and O–H groups in total. The molecule has 13 heavy (non-hydrogen) atoms. The highest BCUT2D eigenvalue weighted by molar-refractivity contribution is 7.80. The van der Waals surface area contributed by atoms with Crippen molar-refractivity contribution in [1.82, 2.24) is 10.6 Å². The Morgan fingerprint density at radius 1 is 1.46 bits per heavy atom. The van der Waals surface area contributed by atoms with Gasteiger partial charge in [-0.25, -0.2) is 0 Å². The van der Waals surface area contributed by atoms with Gasteiger partial charge in [-0.3, -0.25) is 0 Å². The molecule has 0 saturated carbocycles. The van der Waals surface area contributed by atoms with E-state index in [1.165, 1.54) is 0 Å². The summed E-state index contributed by atoms with van der Waals surface area (Å²) >= 11 is 5.00. The van der Waals surface area contributed by atoms with Crippen LogP contribution in [0, 0.1) is 0 Å². The van der Waals surface area contributed by atoms with Crippen LogP contribution in [0.5, 0.6) is 0 Å². The third-order valence-corrected chi connectivity index (χ3v) is 2.00. The summed E-state index contributed by atoms with van der Waals surface area (Å²) in [6.45, 7) is 5.60. The van der Waals surface area contributed by atoms with Crippen molar-refractivity contribution in [1.29, 1.82) is 0 Å². The van der Waals surface area contributed by atoms with Gasteiger partial charge in [0.15, 0.2) is 5.11 Å². The van der Waals surface area contributed by atoms with Crippen LogP contribution < -0.4 is 10.6 Å². The van der Waals surface area contributed by atoms with E-state index in [0.29, 0.717) is 31.5 Å². The minimum atomic E-state index is 0.130. The van der Waals surface area contributed by atoms with Crippen molar-refractivity contribution in [3.8, 4) is 0 Å². The van der Waals surface area contributed by atoms with E-state index in [4.69, 9.17) is 21.7 Å². The fourth-order valence-electron chi connectivity index (χ4n) is 1.08. The van der Waals surface area contributed by atoms with Gasteiger partial charge >= 0.3 is 0 Å². The first-order valence-corrected chi connectivity index (χ1v) is 4.94. The van der Waals surface area contributed by atoms with Crippen molar-refractivity contribution in [2.75, 3.05) is 32.9 Å². The largest absolute Gasteiger partial charge is 0.376 e. The first-order chi connectivity index (χ1) is 6.33. The van der Waals surface area contributed by atoms with E-state index in [0.717, 1.165) is 6.54 Å². The van der Waals surface area contributed by atoms with Crippen LogP contribution in [0.15, 0.2) is 0 Å². The molecule has 0 radical (unpaired) electrons. The van der Waals surface area contributed by atoms with Crippen LogP contribution in [0.2, 0.25) is 0 Å². The Labute approximate surface area is 84.0 Å². The predicted octanol–water partition coefficient (Wildman–Crippen LogP) is -0.114. The number of hydrogen-bond donors (Lipinski definition) is 2. The van der Waals surface area contributed by atoms with Crippen LogP contribution in [0.3, 0.4) is 0 Å². The Balaban J connectivity index is 2.06. The SMILES string of the molecule is CCNC(=S)NCC1COCCO1. The molecule has 1 fully saturated rings. The Morgan fingerprint density at radius 2 is 2.31 bits per heavy atom. The summed E-state index contributed by atoms with van der Waals surface area (Å²) in [5.41, 5.74) is 0. The zero-order valence-electron chi connectivity index (χ0n) is 7.84. The van der Waals surface area contributed by atoms with Gasteiger partial charge in [0.05, 0.1) is 25.9 Å². The van der Waals surface area contributed by atoms with Gasteiger partial charge in [0.25, 0.3) is 0 Å². The van der Waals surface area contributed by atoms with Crippen molar-refractivity contribution in [2.24, 2.45) is 0 Å². The van der Waals surface area contributed by atoms with E-state index in [1.807, 2.05) is 6.92 Å². The highest BCUT2D eigenvalue weighted by Crippen LogP contribution is 1.98.